The van der Waals surface area contributed by atoms with Gasteiger partial charge in [0, 0.05) is 25.4 Å². The fourth-order valence-electron chi connectivity index (χ4n) is 2.08. The Morgan fingerprint density at radius 2 is 2.18 bits per heavy atom. The molecule has 5 N–H and O–H groups in total. The van der Waals surface area contributed by atoms with Gasteiger partial charge in [0.2, 0.25) is 11.8 Å². The molecule has 1 heterocycles. The number of aliphatic hydroxyl groups is 1. The number of primary amides is 1. The van der Waals surface area contributed by atoms with E-state index in [4.69, 9.17) is 11.5 Å². The molecule has 0 aromatic carbocycles. The highest BCUT2D eigenvalue weighted by Crippen LogP contribution is 2.19. The number of amides is 2. The van der Waals surface area contributed by atoms with Crippen LogP contribution in [0.15, 0.2) is 0 Å². The van der Waals surface area contributed by atoms with Gasteiger partial charge >= 0.3 is 0 Å². The molecular formula is C11H21N3O3. The van der Waals surface area contributed by atoms with Gasteiger partial charge in [0.25, 0.3) is 0 Å². The van der Waals surface area contributed by atoms with Crippen molar-refractivity contribution in [3.8, 4) is 0 Å². The molecule has 2 amide bonds. The predicted molar refractivity (Wildman–Crippen MR) is 62.8 cm³/mol. The maximum atomic E-state index is 11.9. The summed E-state index contributed by atoms with van der Waals surface area (Å²) < 4.78 is 0. The van der Waals surface area contributed by atoms with Crippen molar-refractivity contribution in [2.75, 3.05) is 6.54 Å². The zero-order chi connectivity index (χ0) is 13.0. The van der Waals surface area contributed by atoms with Crippen LogP contribution in [0.2, 0.25) is 0 Å². The van der Waals surface area contributed by atoms with E-state index in [-0.39, 0.29) is 24.9 Å². The van der Waals surface area contributed by atoms with Gasteiger partial charge in [0.15, 0.2) is 0 Å². The molecule has 1 fully saturated rings. The topological polar surface area (TPSA) is 110 Å². The first-order valence-corrected chi connectivity index (χ1v) is 5.94. The van der Waals surface area contributed by atoms with Crippen LogP contribution in [0.5, 0.6) is 0 Å². The second kappa shape index (κ2) is 5.97. The number of nitrogens with zero attached hydrogens (tertiary/aromatic N) is 1. The molecule has 0 bridgehead atoms. The minimum atomic E-state index is -0.659. The number of carbonyl (C=O) groups excluding carboxylic acids is 2. The van der Waals surface area contributed by atoms with Crippen molar-refractivity contribution in [2.24, 2.45) is 11.5 Å². The quantitative estimate of drug-likeness (QED) is 0.572. The summed E-state index contributed by atoms with van der Waals surface area (Å²) in [4.78, 5) is 24.4. The van der Waals surface area contributed by atoms with E-state index in [1.807, 2.05) is 6.92 Å². The zero-order valence-corrected chi connectivity index (χ0v) is 10.1. The summed E-state index contributed by atoms with van der Waals surface area (Å²) in [7, 11) is 0. The van der Waals surface area contributed by atoms with E-state index in [0.717, 1.165) is 6.42 Å². The van der Waals surface area contributed by atoms with Crippen LogP contribution < -0.4 is 11.5 Å². The van der Waals surface area contributed by atoms with E-state index in [0.29, 0.717) is 12.8 Å². The Morgan fingerprint density at radius 1 is 1.53 bits per heavy atom. The highest BCUT2D eigenvalue weighted by Gasteiger charge is 2.37. The molecule has 6 nitrogen and oxygen atoms in total. The molecule has 98 valence electrons. The van der Waals surface area contributed by atoms with E-state index < -0.39 is 18.1 Å². The number of hydrogen-bond acceptors (Lipinski definition) is 4. The van der Waals surface area contributed by atoms with Crippen LogP contribution in [-0.2, 0) is 9.59 Å². The molecule has 6 heteroatoms. The lowest BCUT2D eigenvalue weighted by molar-refractivity contribution is -0.137. The van der Waals surface area contributed by atoms with Crippen LogP contribution in [0.4, 0.5) is 0 Å². The molecule has 0 spiro atoms. The van der Waals surface area contributed by atoms with Gasteiger partial charge in [-0.1, -0.05) is 0 Å². The third-order valence-electron chi connectivity index (χ3n) is 2.98. The van der Waals surface area contributed by atoms with Crippen molar-refractivity contribution in [3.63, 3.8) is 0 Å². The molecule has 1 aliphatic rings. The number of rotatable bonds is 5. The van der Waals surface area contributed by atoms with Gasteiger partial charge in [0.05, 0.1) is 6.10 Å². The fourth-order valence-corrected chi connectivity index (χ4v) is 2.08. The van der Waals surface area contributed by atoms with E-state index >= 15 is 0 Å². The number of nitrogens with two attached hydrogens (primary N) is 2. The number of hydrogen-bond donors (Lipinski definition) is 3. The Bertz CT molecular complexity index is 294. The molecule has 1 aliphatic heterocycles. The van der Waals surface area contributed by atoms with E-state index in [1.54, 1.807) is 0 Å². The molecule has 17 heavy (non-hydrogen) atoms. The summed E-state index contributed by atoms with van der Waals surface area (Å²) in [6, 6.07) is -0.591. The Labute approximate surface area is 101 Å². The Kier molecular flexibility index (Phi) is 4.89. The number of likely N-dealkylation sites (tertiary alicyclic amines) is 1. The molecule has 0 radical (unpaired) electrons. The Hall–Kier alpha value is -1.14. The largest absolute Gasteiger partial charge is 0.391 e. The number of β-amino-alcohol motifs (C(OH)–C–C–N with tert-alkyl or cyclic N) is 1. The van der Waals surface area contributed by atoms with E-state index in [1.165, 1.54) is 4.90 Å². The lowest BCUT2D eigenvalue weighted by atomic mass is 10.1. The molecular weight excluding hydrogens is 222 g/mol. The molecule has 0 aliphatic carbocycles. The van der Waals surface area contributed by atoms with Crippen LogP contribution in [0.3, 0.4) is 0 Å². The monoisotopic (exact) mass is 243 g/mol. The SMILES string of the molecule is CC(N)CCCC(=O)N1CC(O)CC1C(N)=O. The smallest absolute Gasteiger partial charge is 0.240 e. The van der Waals surface area contributed by atoms with Crippen LogP contribution in [0, 0.1) is 0 Å². The van der Waals surface area contributed by atoms with Crippen molar-refractivity contribution < 1.29 is 14.7 Å². The average molecular weight is 243 g/mol. The second-order valence-corrected chi connectivity index (χ2v) is 4.72. The average Bonchev–Trinajstić information content (AvgIpc) is 2.59. The van der Waals surface area contributed by atoms with Gasteiger partial charge in [-0.3, -0.25) is 9.59 Å². The molecule has 1 rings (SSSR count). The molecule has 3 unspecified atom stereocenters. The fraction of sp³-hybridized carbons (Fsp3) is 0.818. The third kappa shape index (κ3) is 3.98. The van der Waals surface area contributed by atoms with E-state index in [9.17, 15) is 14.7 Å². The third-order valence-corrected chi connectivity index (χ3v) is 2.98. The summed E-state index contributed by atoms with van der Waals surface area (Å²) in [5.74, 6) is -0.687. The van der Waals surface area contributed by atoms with Gasteiger partial charge in [-0.15, -0.1) is 0 Å². The lowest BCUT2D eigenvalue weighted by Crippen LogP contribution is -2.43. The highest BCUT2D eigenvalue weighted by atomic mass is 16.3. The van der Waals surface area contributed by atoms with Crippen LogP contribution >= 0.6 is 0 Å². The minimum absolute atomic E-state index is 0.0684. The summed E-state index contributed by atoms with van der Waals surface area (Å²) in [5.41, 5.74) is 10.8. The van der Waals surface area contributed by atoms with Crippen LogP contribution in [0.1, 0.15) is 32.6 Å². The minimum Gasteiger partial charge on any atom is -0.391 e. The summed E-state index contributed by atoms with van der Waals surface area (Å²) in [6.07, 6.45) is 1.40. The molecule has 0 aromatic rings. The predicted octanol–water partition coefficient (Wildman–Crippen LogP) is -1.05. The standard InChI is InChI=1S/C11H21N3O3/c1-7(12)3-2-4-10(16)14-6-8(15)5-9(14)11(13)17/h7-9,15H,2-6,12H2,1H3,(H2,13,17). The first-order valence-electron chi connectivity index (χ1n) is 5.94. The normalized spacial score (nSPS) is 25.9. The van der Waals surface area contributed by atoms with Gasteiger partial charge in [-0.25, -0.2) is 0 Å². The molecule has 1 saturated heterocycles. The highest BCUT2D eigenvalue weighted by molar-refractivity contribution is 5.87. The van der Waals surface area contributed by atoms with Crippen molar-refractivity contribution in [1.82, 2.24) is 4.90 Å². The zero-order valence-electron chi connectivity index (χ0n) is 10.1. The summed E-state index contributed by atoms with van der Waals surface area (Å²) >= 11 is 0. The first kappa shape index (κ1) is 13.9. The van der Waals surface area contributed by atoms with Crippen LogP contribution in [0.25, 0.3) is 0 Å². The summed E-state index contributed by atoms with van der Waals surface area (Å²) in [5, 5.41) is 9.46. The Balaban J connectivity index is 2.47. The van der Waals surface area contributed by atoms with E-state index in [2.05, 4.69) is 0 Å². The van der Waals surface area contributed by atoms with Crippen molar-refractivity contribution >= 4 is 11.8 Å². The first-order chi connectivity index (χ1) is 7.91. The molecule has 0 saturated carbocycles. The van der Waals surface area contributed by atoms with Crippen molar-refractivity contribution in [2.45, 2.75) is 50.8 Å². The van der Waals surface area contributed by atoms with Crippen LogP contribution in [-0.4, -0.2) is 46.6 Å². The lowest BCUT2D eigenvalue weighted by Gasteiger charge is -2.22. The van der Waals surface area contributed by atoms with Gasteiger partial charge in [-0.2, -0.15) is 0 Å². The maximum absolute atomic E-state index is 11.9. The van der Waals surface area contributed by atoms with Gasteiger partial charge in [-0.05, 0) is 19.8 Å². The summed E-state index contributed by atoms with van der Waals surface area (Å²) in [6.45, 7) is 2.08. The van der Waals surface area contributed by atoms with Crippen molar-refractivity contribution in [1.29, 1.82) is 0 Å². The van der Waals surface area contributed by atoms with Gasteiger partial charge < -0.3 is 21.5 Å². The molecule has 3 atom stereocenters. The van der Waals surface area contributed by atoms with Gasteiger partial charge in [0.1, 0.15) is 6.04 Å². The molecule has 0 aromatic heterocycles. The Morgan fingerprint density at radius 3 is 2.71 bits per heavy atom. The maximum Gasteiger partial charge on any atom is 0.240 e. The number of aliphatic hydroxyl groups excluding tert-OH is 1. The van der Waals surface area contributed by atoms with Crippen molar-refractivity contribution in [3.05, 3.63) is 0 Å². The second-order valence-electron chi connectivity index (χ2n) is 4.72. The number of carbonyl (C=O) groups is 2.